The van der Waals surface area contributed by atoms with Crippen molar-refractivity contribution >= 4 is 56.0 Å². The first-order chi connectivity index (χ1) is 19.0. The Hall–Kier alpha value is -3.47. The number of imidazole rings is 1. The second-order valence-electron chi connectivity index (χ2n) is 10.4. The molecule has 3 heterocycles. The van der Waals surface area contributed by atoms with Crippen molar-refractivity contribution in [1.82, 2.24) is 18.8 Å². The Bertz CT molecular complexity index is 1570. The smallest absolute Gasteiger partial charge is 0.220 e. The van der Waals surface area contributed by atoms with Crippen LogP contribution in [0, 0.1) is 23.1 Å². The molecule has 2 fully saturated rings. The number of carbonyl (C=O) groups is 1. The van der Waals surface area contributed by atoms with Crippen molar-refractivity contribution in [1.29, 1.82) is 5.26 Å². The number of nitrogens with two attached hydrogens (primary N) is 1. The van der Waals surface area contributed by atoms with E-state index in [2.05, 4.69) is 20.6 Å². The zero-order valence-corrected chi connectivity index (χ0v) is 23.5. The molecule has 212 valence electrons. The minimum atomic E-state index is -3.30. The Morgan fingerprint density at radius 2 is 1.98 bits per heavy atom. The van der Waals surface area contributed by atoms with Crippen molar-refractivity contribution in [3.8, 4) is 6.07 Å². The number of anilines is 3. The van der Waals surface area contributed by atoms with E-state index in [1.54, 1.807) is 6.20 Å². The summed E-state index contributed by atoms with van der Waals surface area (Å²) in [5, 5.41) is 15.6. The predicted octanol–water partition coefficient (Wildman–Crippen LogP) is 3.89. The fourth-order valence-electron chi connectivity index (χ4n) is 5.59. The highest BCUT2D eigenvalue weighted by atomic mass is 35.5. The molecule has 0 unspecified atom stereocenters. The van der Waals surface area contributed by atoms with Gasteiger partial charge in [-0.15, -0.1) is 0 Å². The monoisotopic (exact) mass is 588 g/mol. The van der Waals surface area contributed by atoms with Crippen molar-refractivity contribution in [3.05, 3.63) is 40.8 Å². The summed E-state index contributed by atoms with van der Waals surface area (Å²) >= 11 is 6.32. The summed E-state index contributed by atoms with van der Waals surface area (Å²) in [6, 6.07) is 6.05. The van der Waals surface area contributed by atoms with Crippen molar-refractivity contribution in [3.63, 3.8) is 0 Å². The molecule has 40 heavy (non-hydrogen) atoms. The van der Waals surface area contributed by atoms with E-state index in [1.807, 2.05) is 16.7 Å². The second-order valence-corrected chi connectivity index (χ2v) is 12.8. The molecule has 14 heteroatoms. The first kappa shape index (κ1) is 28.1. The Morgan fingerprint density at radius 1 is 1.23 bits per heavy atom. The van der Waals surface area contributed by atoms with Crippen molar-refractivity contribution in [2.24, 2.45) is 11.7 Å². The van der Waals surface area contributed by atoms with Gasteiger partial charge in [0, 0.05) is 37.2 Å². The molecule has 2 aromatic heterocycles. The fraction of sp³-hybridized carbons (Fsp3) is 0.462. The molecule has 1 aliphatic heterocycles. The number of nitrogens with zero attached hydrogens (tertiary/aromatic N) is 5. The number of hydrogen-bond acceptors (Lipinski definition) is 8. The van der Waals surface area contributed by atoms with Gasteiger partial charge < -0.3 is 20.9 Å². The molecule has 4 N–H and O–H groups in total. The molecule has 0 bridgehead atoms. The zero-order chi connectivity index (χ0) is 28.6. The number of nitrogens with one attached hydrogen (secondary N) is 2. The van der Waals surface area contributed by atoms with Crippen LogP contribution in [0.2, 0.25) is 5.02 Å². The number of nitriles is 1. The van der Waals surface area contributed by atoms with E-state index in [-0.39, 0.29) is 40.2 Å². The first-order valence-corrected chi connectivity index (χ1v) is 15.3. The fourth-order valence-corrected chi connectivity index (χ4v) is 6.76. The van der Waals surface area contributed by atoms with E-state index in [4.69, 9.17) is 22.6 Å². The average molecular weight is 589 g/mol. The minimum Gasteiger partial charge on any atom is -0.369 e. The van der Waals surface area contributed by atoms with Gasteiger partial charge in [0.05, 0.1) is 40.3 Å². The number of carbonyl (C=O) groups excluding carboxylic acids is 1. The van der Waals surface area contributed by atoms with Crippen LogP contribution < -0.4 is 16.4 Å². The molecule has 0 radical (unpaired) electrons. The molecule has 3 aromatic rings. The number of primary amides is 1. The number of benzene rings is 1. The van der Waals surface area contributed by atoms with Gasteiger partial charge in [0.2, 0.25) is 21.9 Å². The highest BCUT2D eigenvalue weighted by Gasteiger charge is 2.30. The topological polar surface area (TPSA) is 159 Å². The van der Waals surface area contributed by atoms with E-state index in [0.717, 1.165) is 24.4 Å². The number of amides is 1. The Kier molecular flexibility index (Phi) is 7.85. The Labute approximate surface area is 236 Å². The highest BCUT2D eigenvalue weighted by Crippen LogP contribution is 2.39. The van der Waals surface area contributed by atoms with Gasteiger partial charge in [-0.05, 0) is 50.7 Å². The van der Waals surface area contributed by atoms with Crippen molar-refractivity contribution in [2.75, 3.05) is 30.0 Å². The molecular formula is C26H30ClFN8O3S. The van der Waals surface area contributed by atoms with Crippen LogP contribution >= 0.6 is 11.6 Å². The van der Waals surface area contributed by atoms with E-state index < -0.39 is 15.8 Å². The first-order valence-electron chi connectivity index (χ1n) is 13.1. The van der Waals surface area contributed by atoms with Gasteiger partial charge in [-0.1, -0.05) is 11.6 Å². The molecule has 1 aromatic carbocycles. The maximum Gasteiger partial charge on any atom is 0.220 e. The maximum atomic E-state index is 14.9. The number of fused-ring (bicyclic) bond motifs is 1. The van der Waals surface area contributed by atoms with Gasteiger partial charge in [-0.25, -0.2) is 27.1 Å². The van der Waals surface area contributed by atoms with Crippen LogP contribution in [0.4, 0.5) is 21.8 Å². The lowest BCUT2D eigenvalue weighted by Gasteiger charge is -2.31. The number of rotatable bonds is 7. The van der Waals surface area contributed by atoms with E-state index in [0.29, 0.717) is 56.1 Å². The maximum absolute atomic E-state index is 14.9. The van der Waals surface area contributed by atoms with Crippen LogP contribution in [0.25, 0.3) is 11.0 Å². The predicted molar refractivity (Wildman–Crippen MR) is 150 cm³/mol. The molecule has 0 spiro atoms. The lowest BCUT2D eigenvalue weighted by atomic mass is 9.85. The third-order valence-electron chi connectivity index (χ3n) is 7.65. The minimum absolute atomic E-state index is 0.00238. The molecule has 5 rings (SSSR count). The van der Waals surface area contributed by atoms with Crippen LogP contribution in [0.1, 0.15) is 50.1 Å². The summed E-state index contributed by atoms with van der Waals surface area (Å²) < 4.78 is 42.5. The van der Waals surface area contributed by atoms with Crippen LogP contribution in [-0.2, 0) is 14.8 Å². The zero-order valence-electron chi connectivity index (χ0n) is 21.9. The Balaban J connectivity index is 1.50. The van der Waals surface area contributed by atoms with Gasteiger partial charge in [0.1, 0.15) is 17.2 Å². The lowest BCUT2D eigenvalue weighted by molar-refractivity contribution is -0.122. The average Bonchev–Trinajstić information content (AvgIpc) is 3.27. The summed E-state index contributed by atoms with van der Waals surface area (Å²) in [7, 11) is -3.30. The molecule has 1 aliphatic carbocycles. The normalized spacial score (nSPS) is 22.1. The summed E-state index contributed by atoms with van der Waals surface area (Å²) in [6.07, 6.45) is 6.91. The van der Waals surface area contributed by atoms with Crippen LogP contribution in [-0.4, -0.2) is 58.6 Å². The summed E-state index contributed by atoms with van der Waals surface area (Å²) in [4.78, 5) is 21.0. The lowest BCUT2D eigenvalue weighted by Crippen LogP contribution is -2.44. The summed E-state index contributed by atoms with van der Waals surface area (Å²) in [5.41, 5.74) is 6.95. The van der Waals surface area contributed by atoms with Crippen LogP contribution in [0.5, 0.6) is 0 Å². The second kappa shape index (κ2) is 11.2. The number of hydrogen-bond donors (Lipinski definition) is 3. The van der Waals surface area contributed by atoms with Gasteiger partial charge in [-0.2, -0.15) is 5.26 Å². The number of aromatic nitrogens is 3. The molecule has 2 aliphatic rings. The third kappa shape index (κ3) is 5.84. The van der Waals surface area contributed by atoms with Gasteiger partial charge >= 0.3 is 0 Å². The SMILES string of the molecule is CS(=O)(=O)N1CCC[C@@H](Nc2cc3c(cn2)nc(Nc2c(F)cc(C#N)cc2Cl)n3[C@H]2CC[C@@H](C(N)=O)CC2)C1. The van der Waals surface area contributed by atoms with Crippen molar-refractivity contribution < 1.29 is 17.6 Å². The number of piperidine rings is 1. The van der Waals surface area contributed by atoms with Crippen molar-refractivity contribution in [2.45, 2.75) is 50.6 Å². The number of halogens is 2. The van der Waals surface area contributed by atoms with E-state index in [9.17, 15) is 17.6 Å². The van der Waals surface area contributed by atoms with Crippen LogP contribution in [0.15, 0.2) is 24.4 Å². The molecule has 1 saturated heterocycles. The van der Waals surface area contributed by atoms with Gasteiger partial charge in [0.15, 0.2) is 0 Å². The number of sulfonamides is 1. The van der Waals surface area contributed by atoms with E-state index >= 15 is 0 Å². The molecule has 1 amide bonds. The largest absolute Gasteiger partial charge is 0.369 e. The van der Waals surface area contributed by atoms with E-state index in [1.165, 1.54) is 16.6 Å². The summed E-state index contributed by atoms with van der Waals surface area (Å²) in [6.45, 7) is 0.839. The molecule has 1 atom stereocenters. The summed E-state index contributed by atoms with van der Waals surface area (Å²) in [5.74, 6) is -0.286. The molecular weight excluding hydrogens is 559 g/mol. The molecule has 11 nitrogen and oxygen atoms in total. The highest BCUT2D eigenvalue weighted by molar-refractivity contribution is 7.88. The van der Waals surface area contributed by atoms with Gasteiger partial charge in [0.25, 0.3) is 0 Å². The van der Waals surface area contributed by atoms with Gasteiger partial charge in [-0.3, -0.25) is 4.79 Å². The molecule has 1 saturated carbocycles. The van der Waals surface area contributed by atoms with Crippen LogP contribution in [0.3, 0.4) is 0 Å². The third-order valence-corrected chi connectivity index (χ3v) is 9.22. The Morgan fingerprint density at radius 3 is 2.62 bits per heavy atom. The standard InChI is InChI=1S/C26H30ClFN8O3S/c1-40(38,39)35-8-2-3-17(14-35)32-23-11-22-21(13-31-23)33-26(34-24-19(27)9-15(12-29)10-20(24)28)36(22)18-6-4-16(5-7-18)25(30)37/h9-11,13,16-18H,2-8,14H2,1H3,(H2,30,37)(H,31,32)(H,33,34)/t16-,17-,18+/m1/s1. The quantitative estimate of drug-likeness (QED) is 0.375. The number of pyridine rings is 1.